The summed E-state index contributed by atoms with van der Waals surface area (Å²) in [6, 6.07) is 10.9. The molecule has 3 N–H and O–H groups in total. The summed E-state index contributed by atoms with van der Waals surface area (Å²) >= 11 is 0.904. The average molecular weight is 471 g/mol. The summed E-state index contributed by atoms with van der Waals surface area (Å²) in [4.78, 5) is 36.6. The Balaban J connectivity index is 1.70. The van der Waals surface area contributed by atoms with Crippen LogP contribution in [-0.2, 0) is 16.8 Å². The van der Waals surface area contributed by atoms with Gasteiger partial charge >= 0.3 is 5.97 Å². The van der Waals surface area contributed by atoms with Crippen LogP contribution in [0.3, 0.4) is 0 Å². The Morgan fingerprint density at radius 2 is 1.76 bits per heavy atom. The van der Waals surface area contributed by atoms with Gasteiger partial charge in [0.1, 0.15) is 23.1 Å². The van der Waals surface area contributed by atoms with E-state index in [9.17, 15) is 14.4 Å². The van der Waals surface area contributed by atoms with E-state index in [0.717, 1.165) is 11.3 Å². The first-order valence-electron chi connectivity index (χ1n) is 10.2. The van der Waals surface area contributed by atoms with Crippen molar-refractivity contribution in [3.8, 4) is 5.75 Å². The predicted octanol–water partition coefficient (Wildman–Crippen LogP) is 4.66. The van der Waals surface area contributed by atoms with E-state index < -0.39 is 17.8 Å². The van der Waals surface area contributed by atoms with E-state index in [2.05, 4.69) is 26.1 Å². The number of methoxy groups -OCH3 is 1. The molecule has 33 heavy (non-hydrogen) atoms. The Kier molecular flexibility index (Phi) is 6.92. The number of thiophene rings is 1. The molecule has 2 aromatic heterocycles. The smallest absolute Gasteiger partial charge is 0.341 e. The summed E-state index contributed by atoms with van der Waals surface area (Å²) in [6.07, 6.45) is 0. The van der Waals surface area contributed by atoms with Crippen LogP contribution in [0, 0.1) is 6.92 Å². The fraction of sp³-hybridized carbons (Fsp3) is 0.292. The highest BCUT2D eigenvalue weighted by atomic mass is 32.1. The SMILES string of the molecule is COC(=O)c1c(NC(=O)c2ccc(COc3ccc(C(C)(C)C)cc3)o2)sc(C(N)=O)c1C. The standard InChI is InChI=1S/C24H26N2O6S/c1-13-18(23(29)30-5)22(33-19(13)20(25)27)26-21(28)17-11-10-16(32-17)12-31-15-8-6-14(7-9-15)24(2,3)4/h6-11H,12H2,1-5H3,(H2,25,27)(H,26,28). The van der Waals surface area contributed by atoms with Gasteiger partial charge in [-0.3, -0.25) is 9.59 Å². The lowest BCUT2D eigenvalue weighted by molar-refractivity contribution is 0.0601. The molecule has 1 aromatic carbocycles. The Morgan fingerprint density at radius 1 is 1.09 bits per heavy atom. The number of hydrogen-bond donors (Lipinski definition) is 2. The molecule has 0 atom stereocenters. The van der Waals surface area contributed by atoms with Crippen LogP contribution in [0.25, 0.3) is 0 Å². The van der Waals surface area contributed by atoms with Crippen molar-refractivity contribution >= 4 is 34.1 Å². The van der Waals surface area contributed by atoms with Crippen molar-refractivity contribution in [2.75, 3.05) is 12.4 Å². The molecule has 0 saturated heterocycles. The maximum atomic E-state index is 12.7. The summed E-state index contributed by atoms with van der Waals surface area (Å²) in [5.74, 6) is -0.805. The average Bonchev–Trinajstić information content (AvgIpc) is 3.36. The molecule has 9 heteroatoms. The largest absolute Gasteiger partial charge is 0.486 e. The first-order chi connectivity index (χ1) is 15.5. The fourth-order valence-corrected chi connectivity index (χ4v) is 4.17. The number of carbonyl (C=O) groups is 3. The molecule has 8 nitrogen and oxygen atoms in total. The molecule has 3 aromatic rings. The third-order valence-electron chi connectivity index (χ3n) is 4.97. The molecule has 0 aliphatic rings. The van der Waals surface area contributed by atoms with Crippen molar-refractivity contribution in [1.82, 2.24) is 0 Å². The van der Waals surface area contributed by atoms with Gasteiger partial charge in [-0.2, -0.15) is 0 Å². The molecular weight excluding hydrogens is 444 g/mol. The van der Waals surface area contributed by atoms with E-state index in [1.165, 1.54) is 18.7 Å². The Labute approximate surface area is 195 Å². The molecule has 2 amide bonds. The Bertz CT molecular complexity index is 1180. The molecule has 0 bridgehead atoms. The quantitative estimate of drug-likeness (QED) is 0.484. The number of esters is 1. The van der Waals surface area contributed by atoms with E-state index in [4.69, 9.17) is 19.6 Å². The zero-order valence-electron chi connectivity index (χ0n) is 19.1. The van der Waals surface area contributed by atoms with E-state index in [-0.39, 0.29) is 33.2 Å². The van der Waals surface area contributed by atoms with E-state index in [1.54, 1.807) is 13.0 Å². The highest BCUT2D eigenvalue weighted by Gasteiger charge is 2.26. The Morgan fingerprint density at radius 3 is 2.33 bits per heavy atom. The number of nitrogens with two attached hydrogens (primary N) is 1. The summed E-state index contributed by atoms with van der Waals surface area (Å²) in [7, 11) is 1.21. The normalized spacial score (nSPS) is 11.2. The number of furan rings is 1. The van der Waals surface area contributed by atoms with Crippen LogP contribution >= 0.6 is 11.3 Å². The van der Waals surface area contributed by atoms with Crippen LogP contribution < -0.4 is 15.8 Å². The van der Waals surface area contributed by atoms with E-state index >= 15 is 0 Å². The highest BCUT2D eigenvalue weighted by Crippen LogP contribution is 2.34. The lowest BCUT2D eigenvalue weighted by Gasteiger charge is -2.19. The number of primary amides is 1. The second-order valence-electron chi connectivity index (χ2n) is 8.40. The van der Waals surface area contributed by atoms with Crippen LogP contribution in [0.5, 0.6) is 5.75 Å². The first kappa shape index (κ1) is 24.1. The van der Waals surface area contributed by atoms with Crippen LogP contribution in [0.15, 0.2) is 40.8 Å². The molecule has 0 saturated carbocycles. The topological polar surface area (TPSA) is 121 Å². The van der Waals surface area contributed by atoms with Gasteiger partial charge in [0, 0.05) is 0 Å². The van der Waals surface area contributed by atoms with Crippen molar-refractivity contribution in [3.63, 3.8) is 0 Å². The summed E-state index contributed by atoms with van der Waals surface area (Å²) in [5.41, 5.74) is 7.04. The van der Waals surface area contributed by atoms with Crippen LogP contribution in [0.2, 0.25) is 0 Å². The number of ether oxygens (including phenoxy) is 2. The second kappa shape index (κ2) is 9.50. The third-order valence-corrected chi connectivity index (χ3v) is 6.20. The molecule has 0 aliphatic heterocycles. The third kappa shape index (κ3) is 5.43. The van der Waals surface area contributed by atoms with Gasteiger partial charge in [0.15, 0.2) is 5.76 Å². The van der Waals surface area contributed by atoms with Gasteiger partial charge in [-0.15, -0.1) is 11.3 Å². The summed E-state index contributed by atoms with van der Waals surface area (Å²) < 4.78 is 16.1. The van der Waals surface area contributed by atoms with Gasteiger partial charge < -0.3 is 24.9 Å². The molecular formula is C24H26N2O6S. The molecule has 0 unspecified atom stereocenters. The predicted molar refractivity (Wildman–Crippen MR) is 125 cm³/mol. The van der Waals surface area contributed by atoms with E-state index in [0.29, 0.717) is 17.1 Å². The van der Waals surface area contributed by atoms with Crippen molar-refractivity contribution in [3.05, 3.63) is 69.5 Å². The second-order valence-corrected chi connectivity index (χ2v) is 9.42. The number of anilines is 1. The number of benzene rings is 1. The van der Waals surface area contributed by atoms with Crippen molar-refractivity contribution < 1.29 is 28.3 Å². The molecule has 0 spiro atoms. The number of carbonyl (C=O) groups excluding carboxylic acids is 3. The molecule has 0 radical (unpaired) electrons. The minimum absolute atomic E-state index is 0.0270. The van der Waals surface area contributed by atoms with Crippen molar-refractivity contribution in [1.29, 1.82) is 0 Å². The number of amides is 2. The maximum Gasteiger partial charge on any atom is 0.341 e. The minimum Gasteiger partial charge on any atom is -0.486 e. The van der Waals surface area contributed by atoms with Crippen molar-refractivity contribution in [2.24, 2.45) is 5.73 Å². The van der Waals surface area contributed by atoms with Gasteiger partial charge in [-0.25, -0.2) is 4.79 Å². The summed E-state index contributed by atoms with van der Waals surface area (Å²) in [5, 5.41) is 2.76. The zero-order valence-corrected chi connectivity index (χ0v) is 19.9. The van der Waals surface area contributed by atoms with Crippen LogP contribution in [-0.4, -0.2) is 24.9 Å². The van der Waals surface area contributed by atoms with Gasteiger partial charge in [-0.05, 0) is 47.7 Å². The highest BCUT2D eigenvalue weighted by molar-refractivity contribution is 7.18. The Hall–Kier alpha value is -3.59. The summed E-state index contributed by atoms with van der Waals surface area (Å²) in [6.45, 7) is 8.12. The van der Waals surface area contributed by atoms with Crippen LogP contribution in [0.1, 0.15) is 68.2 Å². The van der Waals surface area contributed by atoms with Gasteiger partial charge in [0.25, 0.3) is 11.8 Å². The molecule has 174 valence electrons. The number of hydrogen-bond acceptors (Lipinski definition) is 7. The van der Waals surface area contributed by atoms with Crippen molar-refractivity contribution in [2.45, 2.75) is 39.7 Å². The van der Waals surface area contributed by atoms with E-state index in [1.807, 2.05) is 24.3 Å². The molecule has 3 rings (SSSR count). The lowest BCUT2D eigenvalue weighted by atomic mass is 9.87. The molecule has 0 fully saturated rings. The lowest BCUT2D eigenvalue weighted by Crippen LogP contribution is -2.14. The number of nitrogens with one attached hydrogen (secondary N) is 1. The minimum atomic E-state index is -0.698. The zero-order chi connectivity index (χ0) is 24.3. The maximum absolute atomic E-state index is 12.7. The van der Waals surface area contributed by atoms with Gasteiger partial charge in [0.05, 0.1) is 17.6 Å². The number of rotatable bonds is 7. The van der Waals surface area contributed by atoms with Gasteiger partial charge in [0.2, 0.25) is 0 Å². The van der Waals surface area contributed by atoms with Crippen LogP contribution in [0.4, 0.5) is 5.00 Å². The molecule has 2 heterocycles. The van der Waals surface area contributed by atoms with Gasteiger partial charge in [-0.1, -0.05) is 32.9 Å². The fourth-order valence-electron chi connectivity index (χ4n) is 3.13. The molecule has 0 aliphatic carbocycles. The monoisotopic (exact) mass is 470 g/mol. The first-order valence-corrected chi connectivity index (χ1v) is 11.0.